The van der Waals surface area contributed by atoms with Gasteiger partial charge in [-0.1, -0.05) is 0 Å². The van der Waals surface area contributed by atoms with E-state index in [1.54, 1.807) is 23.1 Å². The summed E-state index contributed by atoms with van der Waals surface area (Å²) in [5.41, 5.74) is 7.23. The molecule has 0 radical (unpaired) electrons. The molecule has 3 N–H and O–H groups in total. The van der Waals surface area contributed by atoms with Crippen LogP contribution in [0.4, 0.5) is 0 Å². The van der Waals surface area contributed by atoms with Crippen LogP contribution >= 0.6 is 23.1 Å². The van der Waals surface area contributed by atoms with E-state index in [9.17, 15) is 4.79 Å². The van der Waals surface area contributed by atoms with Gasteiger partial charge in [0.2, 0.25) is 5.91 Å². The first-order valence-corrected chi connectivity index (χ1v) is 8.39. The summed E-state index contributed by atoms with van der Waals surface area (Å²) in [6, 6.07) is 2.24. The number of hydrogen-bond donors (Lipinski definition) is 2. The van der Waals surface area contributed by atoms with Gasteiger partial charge >= 0.3 is 0 Å². The molecule has 1 amide bonds. The van der Waals surface area contributed by atoms with Gasteiger partial charge < -0.3 is 11.1 Å². The molecule has 3 rings (SSSR count). The van der Waals surface area contributed by atoms with E-state index in [1.807, 2.05) is 0 Å². The lowest BCUT2D eigenvalue weighted by molar-refractivity contribution is -0.120. The van der Waals surface area contributed by atoms with Crippen LogP contribution in [0.5, 0.6) is 0 Å². The van der Waals surface area contributed by atoms with Crippen molar-refractivity contribution in [1.29, 1.82) is 0 Å². The molecular formula is C13H18N2OS2. The van der Waals surface area contributed by atoms with Gasteiger partial charge in [0.25, 0.3) is 0 Å². The molecule has 1 aliphatic carbocycles. The second-order valence-electron chi connectivity index (χ2n) is 5.05. The highest BCUT2D eigenvalue weighted by Gasteiger charge is 2.31. The lowest BCUT2D eigenvalue weighted by Crippen LogP contribution is -2.40. The Bertz CT molecular complexity index is 442. The quantitative estimate of drug-likeness (QED) is 0.887. The van der Waals surface area contributed by atoms with Gasteiger partial charge in [0.15, 0.2) is 0 Å². The number of nitrogens with two attached hydrogens (primary N) is 1. The fourth-order valence-electron chi connectivity index (χ4n) is 2.37. The number of carbonyl (C=O) groups excluding carboxylic acids is 1. The van der Waals surface area contributed by atoms with Crippen LogP contribution in [0.25, 0.3) is 0 Å². The molecule has 2 atom stereocenters. The first kappa shape index (κ1) is 12.5. The Hall–Kier alpha value is -0.520. The summed E-state index contributed by atoms with van der Waals surface area (Å²) in [6.07, 6.45) is 3.55. The van der Waals surface area contributed by atoms with Gasteiger partial charge in [0.05, 0.1) is 0 Å². The third kappa shape index (κ3) is 2.58. The van der Waals surface area contributed by atoms with Gasteiger partial charge in [-0.2, -0.15) is 0 Å². The normalized spacial score (nSPS) is 24.4. The highest BCUT2D eigenvalue weighted by Crippen LogP contribution is 2.39. The summed E-state index contributed by atoms with van der Waals surface area (Å²) in [5, 5.41) is 5.09. The first-order chi connectivity index (χ1) is 8.75. The van der Waals surface area contributed by atoms with E-state index >= 15 is 0 Å². The Balaban J connectivity index is 1.59. The number of carbonyl (C=O) groups is 1. The number of aryl methyl sites for hydroxylation is 1. The zero-order valence-corrected chi connectivity index (χ0v) is 11.9. The molecular weight excluding hydrogens is 264 g/mol. The molecule has 0 saturated heterocycles. The number of rotatable bonds is 4. The number of fused-ring (bicyclic) bond motifs is 1. The number of amides is 1. The van der Waals surface area contributed by atoms with Gasteiger partial charge in [0.1, 0.15) is 5.25 Å². The van der Waals surface area contributed by atoms with E-state index in [0.29, 0.717) is 12.5 Å². The Morgan fingerprint density at radius 1 is 1.56 bits per heavy atom. The lowest BCUT2D eigenvalue weighted by Gasteiger charge is -2.22. The predicted octanol–water partition coefficient (Wildman–Crippen LogP) is 1.93. The van der Waals surface area contributed by atoms with Crippen molar-refractivity contribution in [1.82, 2.24) is 5.32 Å². The Kier molecular flexibility index (Phi) is 3.63. The number of hydrogen-bond acceptors (Lipinski definition) is 4. The Morgan fingerprint density at radius 2 is 2.39 bits per heavy atom. The third-order valence-corrected chi connectivity index (χ3v) is 5.89. The average molecular weight is 282 g/mol. The van der Waals surface area contributed by atoms with Crippen LogP contribution in [-0.2, 0) is 11.2 Å². The topological polar surface area (TPSA) is 55.1 Å². The second kappa shape index (κ2) is 5.23. The minimum atomic E-state index is -0.0218. The van der Waals surface area contributed by atoms with Crippen molar-refractivity contribution in [3.05, 3.63) is 21.9 Å². The standard InChI is InChI=1S/C13H18N2OS2/c14-10(8-1-2-8)7-15-13(16)12-9-3-5-17-11(9)4-6-18-12/h3,5,8,10,12H,1-2,4,6-7,14H2,(H,15,16). The maximum absolute atomic E-state index is 12.2. The Morgan fingerprint density at radius 3 is 3.17 bits per heavy atom. The zero-order chi connectivity index (χ0) is 12.5. The van der Waals surface area contributed by atoms with Crippen LogP contribution in [0.3, 0.4) is 0 Å². The largest absolute Gasteiger partial charge is 0.353 e. The molecule has 2 heterocycles. The number of thiophene rings is 1. The molecule has 98 valence electrons. The van der Waals surface area contributed by atoms with E-state index in [-0.39, 0.29) is 17.2 Å². The van der Waals surface area contributed by atoms with E-state index < -0.39 is 0 Å². The third-order valence-electron chi connectivity index (χ3n) is 3.65. The number of nitrogens with one attached hydrogen (secondary N) is 1. The molecule has 5 heteroatoms. The van der Waals surface area contributed by atoms with Crippen LogP contribution in [0.1, 0.15) is 28.5 Å². The van der Waals surface area contributed by atoms with Crippen LogP contribution in [0, 0.1) is 5.92 Å². The summed E-state index contributed by atoms with van der Waals surface area (Å²) in [5.74, 6) is 1.82. The summed E-state index contributed by atoms with van der Waals surface area (Å²) >= 11 is 3.52. The van der Waals surface area contributed by atoms with E-state index in [2.05, 4.69) is 16.8 Å². The highest BCUT2D eigenvalue weighted by atomic mass is 32.2. The molecule has 1 aromatic rings. The fraction of sp³-hybridized carbons (Fsp3) is 0.615. The monoisotopic (exact) mass is 282 g/mol. The highest BCUT2D eigenvalue weighted by molar-refractivity contribution is 8.00. The predicted molar refractivity (Wildman–Crippen MR) is 76.9 cm³/mol. The van der Waals surface area contributed by atoms with E-state index in [1.165, 1.54) is 23.3 Å². The minimum absolute atomic E-state index is 0.0218. The molecule has 18 heavy (non-hydrogen) atoms. The molecule has 1 saturated carbocycles. The van der Waals surface area contributed by atoms with Gasteiger partial charge in [-0.15, -0.1) is 23.1 Å². The SMILES string of the molecule is NC(CNC(=O)C1SCCc2sccc21)C1CC1. The van der Waals surface area contributed by atoms with Gasteiger partial charge in [-0.25, -0.2) is 0 Å². The van der Waals surface area contributed by atoms with Crippen molar-refractivity contribution in [3.8, 4) is 0 Å². The molecule has 0 spiro atoms. The van der Waals surface area contributed by atoms with Crippen molar-refractivity contribution in [2.24, 2.45) is 11.7 Å². The van der Waals surface area contributed by atoms with Crippen LogP contribution in [0.2, 0.25) is 0 Å². The van der Waals surface area contributed by atoms with Crippen molar-refractivity contribution in [3.63, 3.8) is 0 Å². The first-order valence-electron chi connectivity index (χ1n) is 6.47. The van der Waals surface area contributed by atoms with Gasteiger partial charge in [-0.05, 0) is 47.9 Å². The molecule has 2 unspecified atom stereocenters. The summed E-state index contributed by atoms with van der Waals surface area (Å²) < 4.78 is 0. The molecule has 1 aliphatic heterocycles. The van der Waals surface area contributed by atoms with Gasteiger partial charge in [-0.3, -0.25) is 4.79 Å². The minimum Gasteiger partial charge on any atom is -0.353 e. The van der Waals surface area contributed by atoms with Crippen LogP contribution < -0.4 is 11.1 Å². The summed E-state index contributed by atoms with van der Waals surface area (Å²) in [7, 11) is 0. The molecule has 2 aliphatic rings. The molecule has 1 aromatic heterocycles. The van der Waals surface area contributed by atoms with Crippen LogP contribution in [0.15, 0.2) is 11.4 Å². The molecule has 3 nitrogen and oxygen atoms in total. The lowest BCUT2D eigenvalue weighted by atomic mass is 10.1. The maximum Gasteiger partial charge on any atom is 0.237 e. The smallest absolute Gasteiger partial charge is 0.237 e. The van der Waals surface area contributed by atoms with Crippen molar-refractivity contribution < 1.29 is 4.79 Å². The number of thioether (sulfide) groups is 1. The fourth-order valence-corrected chi connectivity index (χ4v) is 4.68. The van der Waals surface area contributed by atoms with E-state index in [0.717, 1.165) is 12.2 Å². The summed E-state index contributed by atoms with van der Waals surface area (Å²) in [4.78, 5) is 13.6. The van der Waals surface area contributed by atoms with Crippen molar-refractivity contribution in [2.45, 2.75) is 30.6 Å². The summed E-state index contributed by atoms with van der Waals surface area (Å²) in [6.45, 7) is 0.625. The molecule has 0 bridgehead atoms. The van der Waals surface area contributed by atoms with Crippen molar-refractivity contribution in [2.75, 3.05) is 12.3 Å². The molecule has 1 fully saturated rings. The maximum atomic E-state index is 12.2. The Labute approximate surface area is 116 Å². The van der Waals surface area contributed by atoms with Gasteiger partial charge in [0, 0.05) is 17.5 Å². The zero-order valence-electron chi connectivity index (χ0n) is 10.2. The average Bonchev–Trinajstić information content (AvgIpc) is 3.12. The molecule has 0 aromatic carbocycles. The second-order valence-corrected chi connectivity index (χ2v) is 7.26. The van der Waals surface area contributed by atoms with E-state index in [4.69, 9.17) is 5.73 Å². The van der Waals surface area contributed by atoms with Crippen molar-refractivity contribution >= 4 is 29.0 Å². The van der Waals surface area contributed by atoms with Crippen LogP contribution in [-0.4, -0.2) is 24.2 Å².